The van der Waals surface area contributed by atoms with Crippen LogP contribution >= 0.6 is 0 Å². The molecule has 1 N–H and O–H groups in total. The molecule has 1 aromatic carbocycles. The van der Waals surface area contributed by atoms with Crippen molar-refractivity contribution in [3.63, 3.8) is 0 Å². The van der Waals surface area contributed by atoms with Gasteiger partial charge < -0.3 is 0 Å². The van der Waals surface area contributed by atoms with Crippen LogP contribution in [-0.2, 0) is 19.9 Å². The lowest BCUT2D eigenvalue weighted by atomic mass is 10.4. The van der Waals surface area contributed by atoms with E-state index in [1.165, 1.54) is 37.5 Å². The first-order valence-corrected chi connectivity index (χ1v) is 10.5. The number of sulfone groups is 1. The van der Waals surface area contributed by atoms with Gasteiger partial charge in [0, 0.05) is 12.4 Å². The minimum Gasteiger partial charge on any atom is -0.247 e. The average Bonchev–Trinajstić information content (AvgIpc) is 3.10. The Morgan fingerprint density at radius 3 is 2.38 bits per heavy atom. The molecule has 2 heterocycles. The zero-order chi connectivity index (χ0) is 18.8. The molecule has 0 aliphatic heterocycles. The first-order valence-electron chi connectivity index (χ1n) is 7.36. The lowest BCUT2D eigenvalue weighted by Crippen LogP contribution is -2.18. The number of sulfonamides is 1. The van der Waals surface area contributed by atoms with Crippen molar-refractivity contribution in [1.82, 2.24) is 24.7 Å². The summed E-state index contributed by atoms with van der Waals surface area (Å²) in [6, 6.07) is 6.70. The average molecular weight is 394 g/mol. The van der Waals surface area contributed by atoms with E-state index in [4.69, 9.17) is 0 Å². The number of nitrogens with zero attached hydrogens (tertiary/aromatic N) is 5. The summed E-state index contributed by atoms with van der Waals surface area (Å²) in [7, 11) is -7.64. The topological polar surface area (TPSA) is 137 Å². The highest BCUT2D eigenvalue weighted by atomic mass is 32.2. The van der Waals surface area contributed by atoms with Gasteiger partial charge in [-0.2, -0.15) is 14.8 Å². The van der Waals surface area contributed by atoms with Crippen molar-refractivity contribution in [3.05, 3.63) is 49.1 Å². The van der Waals surface area contributed by atoms with Crippen molar-refractivity contribution in [2.75, 3.05) is 10.5 Å². The third-order valence-electron chi connectivity index (χ3n) is 3.37. The molecule has 0 amide bonds. The van der Waals surface area contributed by atoms with E-state index in [0.717, 1.165) is 17.1 Å². The van der Waals surface area contributed by atoms with Crippen LogP contribution in [0.15, 0.2) is 58.8 Å². The van der Waals surface area contributed by atoms with Crippen molar-refractivity contribution in [2.24, 2.45) is 0 Å². The van der Waals surface area contributed by atoms with E-state index in [1.54, 1.807) is 6.07 Å². The Labute approximate surface area is 149 Å². The fraction of sp³-hybridized carbons (Fsp3) is 0.143. The molecule has 10 nitrogen and oxygen atoms in total. The number of hydrogen-bond donors (Lipinski definition) is 1. The van der Waals surface area contributed by atoms with E-state index in [0.29, 0.717) is 0 Å². The Balaban J connectivity index is 1.97. The number of benzene rings is 1. The third kappa shape index (κ3) is 3.55. The quantitative estimate of drug-likeness (QED) is 0.643. The third-order valence-corrected chi connectivity index (χ3v) is 6.43. The number of aromatic nitrogens is 5. The molecule has 26 heavy (non-hydrogen) atoms. The Bertz CT molecular complexity index is 1130. The highest BCUT2D eigenvalue weighted by molar-refractivity contribution is 7.93. The van der Waals surface area contributed by atoms with E-state index in [2.05, 4.69) is 24.8 Å². The summed E-state index contributed by atoms with van der Waals surface area (Å²) in [5, 5.41) is 3.89. The zero-order valence-corrected chi connectivity index (χ0v) is 15.1. The highest BCUT2D eigenvalue weighted by Gasteiger charge is 2.21. The Morgan fingerprint density at radius 2 is 1.69 bits per heavy atom. The van der Waals surface area contributed by atoms with Crippen LogP contribution in [0.25, 0.3) is 5.95 Å². The molecule has 3 aromatic rings. The van der Waals surface area contributed by atoms with Crippen LogP contribution in [0.2, 0.25) is 0 Å². The second-order valence-electron chi connectivity index (χ2n) is 5.03. The summed E-state index contributed by atoms with van der Waals surface area (Å²) in [6.45, 7) is 1.48. The molecule has 0 aliphatic rings. The fourth-order valence-corrected chi connectivity index (χ4v) is 4.08. The van der Waals surface area contributed by atoms with Crippen molar-refractivity contribution >= 4 is 25.8 Å². The number of anilines is 1. The Hall–Kier alpha value is -2.86. The molecule has 0 aliphatic carbocycles. The molecule has 136 valence electrons. The molecule has 0 radical (unpaired) electrons. The van der Waals surface area contributed by atoms with Crippen molar-refractivity contribution in [2.45, 2.75) is 16.7 Å². The van der Waals surface area contributed by atoms with Crippen LogP contribution in [0, 0.1) is 0 Å². The minimum atomic E-state index is -4.10. The molecular formula is C14H14N6O4S2. The van der Waals surface area contributed by atoms with Crippen LogP contribution in [0.4, 0.5) is 5.95 Å². The molecular weight excluding hydrogens is 380 g/mol. The number of rotatable bonds is 6. The summed E-state index contributed by atoms with van der Waals surface area (Å²) in [4.78, 5) is 11.5. The van der Waals surface area contributed by atoms with Gasteiger partial charge in [-0.25, -0.2) is 31.5 Å². The van der Waals surface area contributed by atoms with Crippen LogP contribution < -0.4 is 4.72 Å². The molecule has 0 bridgehead atoms. The Kier molecular flexibility index (Phi) is 4.70. The summed E-state index contributed by atoms with van der Waals surface area (Å²) in [5.74, 6) is -0.131. The van der Waals surface area contributed by atoms with Gasteiger partial charge in [0.05, 0.1) is 15.5 Å². The normalized spacial score (nSPS) is 12.0. The van der Waals surface area contributed by atoms with E-state index < -0.39 is 19.9 Å². The second kappa shape index (κ2) is 6.80. The summed E-state index contributed by atoms with van der Waals surface area (Å²) in [5.41, 5.74) is 0. The SMILES string of the molecule is CCS(=O)(=O)c1cccc(S(=O)(=O)Nc2ncnn2-c2ncccn2)c1. The molecule has 0 saturated carbocycles. The summed E-state index contributed by atoms with van der Waals surface area (Å²) < 4.78 is 52.6. The first-order chi connectivity index (χ1) is 12.3. The lowest BCUT2D eigenvalue weighted by Gasteiger charge is -2.09. The van der Waals surface area contributed by atoms with E-state index in [-0.39, 0.29) is 27.4 Å². The van der Waals surface area contributed by atoms with Crippen LogP contribution in [0.5, 0.6) is 0 Å². The van der Waals surface area contributed by atoms with E-state index in [1.807, 2.05) is 0 Å². The zero-order valence-electron chi connectivity index (χ0n) is 13.5. The minimum absolute atomic E-state index is 0.0734. The van der Waals surface area contributed by atoms with Crippen molar-refractivity contribution in [1.29, 1.82) is 0 Å². The van der Waals surface area contributed by atoms with Gasteiger partial charge in [0.15, 0.2) is 9.84 Å². The van der Waals surface area contributed by atoms with Crippen molar-refractivity contribution < 1.29 is 16.8 Å². The van der Waals surface area contributed by atoms with Gasteiger partial charge in [-0.3, -0.25) is 0 Å². The smallest absolute Gasteiger partial charge is 0.247 e. The molecule has 2 aromatic heterocycles. The van der Waals surface area contributed by atoms with Gasteiger partial charge in [-0.05, 0) is 24.3 Å². The van der Waals surface area contributed by atoms with Crippen LogP contribution in [-0.4, -0.2) is 47.3 Å². The van der Waals surface area contributed by atoms with Crippen molar-refractivity contribution in [3.8, 4) is 5.95 Å². The van der Waals surface area contributed by atoms with Gasteiger partial charge in [-0.15, -0.1) is 0 Å². The standard InChI is InChI=1S/C14H14N6O4S2/c1-2-25(21,22)11-5-3-6-12(9-11)26(23,24)19-14-17-10-18-20(14)13-15-7-4-8-16-13/h3-10H,2H2,1H3,(H,17,18,19). The largest absolute Gasteiger partial charge is 0.264 e. The molecule has 3 rings (SSSR count). The summed E-state index contributed by atoms with van der Waals surface area (Å²) in [6.07, 6.45) is 4.09. The lowest BCUT2D eigenvalue weighted by molar-refractivity contribution is 0.596. The molecule has 0 fully saturated rings. The van der Waals surface area contributed by atoms with Gasteiger partial charge >= 0.3 is 0 Å². The fourth-order valence-electron chi connectivity index (χ4n) is 2.04. The first kappa shape index (κ1) is 17.9. The molecule has 0 atom stereocenters. The van der Waals surface area contributed by atoms with Gasteiger partial charge in [0.2, 0.25) is 5.95 Å². The van der Waals surface area contributed by atoms with Gasteiger partial charge in [0.1, 0.15) is 6.33 Å². The Morgan fingerprint density at radius 1 is 1.00 bits per heavy atom. The predicted octanol–water partition coefficient (Wildman–Crippen LogP) is 0.652. The number of hydrogen-bond acceptors (Lipinski definition) is 8. The van der Waals surface area contributed by atoms with E-state index >= 15 is 0 Å². The molecule has 0 saturated heterocycles. The molecule has 0 spiro atoms. The molecule has 12 heteroatoms. The second-order valence-corrected chi connectivity index (χ2v) is 8.99. The maximum absolute atomic E-state index is 12.6. The summed E-state index contributed by atoms with van der Waals surface area (Å²) >= 11 is 0. The predicted molar refractivity (Wildman–Crippen MR) is 91.9 cm³/mol. The number of nitrogens with one attached hydrogen (secondary N) is 1. The maximum atomic E-state index is 12.6. The van der Waals surface area contributed by atoms with E-state index in [9.17, 15) is 16.8 Å². The maximum Gasteiger partial charge on any atom is 0.264 e. The monoisotopic (exact) mass is 394 g/mol. The van der Waals surface area contributed by atoms with Gasteiger partial charge in [-0.1, -0.05) is 13.0 Å². The van der Waals surface area contributed by atoms with Gasteiger partial charge in [0.25, 0.3) is 16.0 Å². The molecule has 0 unspecified atom stereocenters. The highest BCUT2D eigenvalue weighted by Crippen LogP contribution is 2.19. The van der Waals surface area contributed by atoms with Crippen LogP contribution in [0.1, 0.15) is 6.92 Å². The van der Waals surface area contributed by atoms with Crippen LogP contribution in [0.3, 0.4) is 0 Å².